The van der Waals surface area contributed by atoms with Gasteiger partial charge in [0.1, 0.15) is 5.75 Å². The Labute approximate surface area is 180 Å². The number of carbonyl (C=O) groups is 2. The quantitative estimate of drug-likeness (QED) is 0.531. The maximum absolute atomic E-state index is 13.3. The molecule has 2 amide bonds. The van der Waals surface area contributed by atoms with E-state index in [-0.39, 0.29) is 18.4 Å². The molecular formula is C22H15IN2O4. The molecule has 0 radical (unpaired) electrons. The first-order valence-corrected chi connectivity index (χ1v) is 10.1. The van der Waals surface area contributed by atoms with Gasteiger partial charge in [-0.3, -0.25) is 14.5 Å². The van der Waals surface area contributed by atoms with Crippen LogP contribution in [0.15, 0.2) is 66.7 Å². The summed E-state index contributed by atoms with van der Waals surface area (Å²) in [5, 5.41) is 14.8. The molecule has 2 aliphatic heterocycles. The van der Waals surface area contributed by atoms with Crippen molar-refractivity contribution in [3.8, 4) is 5.75 Å². The number of aliphatic hydroxyl groups is 1. The number of amides is 2. The summed E-state index contributed by atoms with van der Waals surface area (Å²) in [6, 6.07) is 19.5. The normalized spacial score (nSPS) is 20.0. The van der Waals surface area contributed by atoms with Gasteiger partial charge in [0, 0.05) is 25.9 Å². The molecule has 2 aliphatic rings. The van der Waals surface area contributed by atoms with E-state index in [2.05, 4.69) is 27.9 Å². The number of nitrogens with zero attached hydrogens (tertiary/aromatic N) is 1. The van der Waals surface area contributed by atoms with E-state index in [0.29, 0.717) is 33.8 Å². The monoisotopic (exact) mass is 498 g/mol. The summed E-state index contributed by atoms with van der Waals surface area (Å²) < 4.78 is 6.37. The molecule has 1 atom stereocenters. The third kappa shape index (κ3) is 2.72. The van der Waals surface area contributed by atoms with Crippen molar-refractivity contribution >= 4 is 45.8 Å². The predicted octanol–water partition coefficient (Wildman–Crippen LogP) is 3.48. The van der Waals surface area contributed by atoms with E-state index in [1.54, 1.807) is 48.5 Å². The van der Waals surface area contributed by atoms with E-state index in [1.807, 2.05) is 18.2 Å². The van der Waals surface area contributed by atoms with Crippen LogP contribution < -0.4 is 15.0 Å². The molecule has 0 fully saturated rings. The van der Waals surface area contributed by atoms with Crippen molar-refractivity contribution in [2.24, 2.45) is 0 Å². The van der Waals surface area contributed by atoms with Crippen LogP contribution in [0.3, 0.4) is 0 Å². The summed E-state index contributed by atoms with van der Waals surface area (Å²) in [4.78, 5) is 26.5. The minimum absolute atomic E-state index is 0.0491. The zero-order valence-corrected chi connectivity index (χ0v) is 17.2. The molecule has 2 heterocycles. The van der Waals surface area contributed by atoms with Crippen molar-refractivity contribution in [1.29, 1.82) is 0 Å². The Kier molecular flexibility index (Phi) is 4.11. The van der Waals surface area contributed by atoms with Crippen molar-refractivity contribution < 1.29 is 19.4 Å². The van der Waals surface area contributed by atoms with Crippen LogP contribution in [0.25, 0.3) is 0 Å². The molecule has 7 heteroatoms. The molecule has 0 saturated heterocycles. The second-order valence-corrected chi connectivity index (χ2v) is 8.13. The van der Waals surface area contributed by atoms with Crippen molar-refractivity contribution in [3.63, 3.8) is 0 Å². The minimum atomic E-state index is -1.73. The molecule has 0 bridgehead atoms. The van der Waals surface area contributed by atoms with E-state index in [0.717, 1.165) is 3.57 Å². The van der Waals surface area contributed by atoms with Crippen molar-refractivity contribution in [1.82, 2.24) is 0 Å². The number of hydrogen-bond acceptors (Lipinski definition) is 4. The van der Waals surface area contributed by atoms with Crippen LogP contribution in [0.5, 0.6) is 5.75 Å². The van der Waals surface area contributed by atoms with Gasteiger partial charge in [0.15, 0.2) is 12.3 Å². The first-order valence-electron chi connectivity index (χ1n) is 8.97. The van der Waals surface area contributed by atoms with Crippen LogP contribution in [0.4, 0.5) is 11.4 Å². The van der Waals surface area contributed by atoms with E-state index < -0.39 is 5.72 Å². The summed E-state index contributed by atoms with van der Waals surface area (Å²) >= 11 is 2.17. The highest BCUT2D eigenvalue weighted by molar-refractivity contribution is 14.1. The van der Waals surface area contributed by atoms with E-state index in [9.17, 15) is 14.7 Å². The number of hydrogen-bond donors (Lipinski definition) is 2. The molecule has 6 nitrogen and oxygen atoms in total. The molecule has 2 N–H and O–H groups in total. The molecular weight excluding hydrogens is 483 g/mol. The fourth-order valence-electron chi connectivity index (χ4n) is 3.87. The molecule has 144 valence electrons. The fraction of sp³-hybridized carbons (Fsp3) is 0.0909. The van der Waals surface area contributed by atoms with Crippen LogP contribution in [0, 0.1) is 3.57 Å². The van der Waals surface area contributed by atoms with Gasteiger partial charge in [0.05, 0.1) is 5.69 Å². The Morgan fingerprint density at radius 2 is 1.86 bits per heavy atom. The topological polar surface area (TPSA) is 78.9 Å². The van der Waals surface area contributed by atoms with E-state index >= 15 is 0 Å². The smallest absolute Gasteiger partial charge is 0.262 e. The minimum Gasteiger partial charge on any atom is -0.482 e. The SMILES string of the molecule is O=C1COc2ccc(C3(O)c4ccccc4C(=O)N3c3cccc(I)c3)cc2N1. The van der Waals surface area contributed by atoms with E-state index in [4.69, 9.17) is 4.74 Å². The van der Waals surface area contributed by atoms with Crippen LogP contribution in [-0.4, -0.2) is 23.5 Å². The summed E-state index contributed by atoms with van der Waals surface area (Å²) in [5.41, 5.74) is 0.707. The van der Waals surface area contributed by atoms with Gasteiger partial charge in [0.2, 0.25) is 0 Å². The first-order chi connectivity index (χ1) is 14.0. The second-order valence-electron chi connectivity index (χ2n) is 6.89. The molecule has 3 aromatic carbocycles. The third-order valence-electron chi connectivity index (χ3n) is 5.14. The van der Waals surface area contributed by atoms with Gasteiger partial charge in [-0.25, -0.2) is 0 Å². The Balaban J connectivity index is 1.74. The van der Waals surface area contributed by atoms with Gasteiger partial charge < -0.3 is 15.2 Å². The van der Waals surface area contributed by atoms with Crippen LogP contribution >= 0.6 is 22.6 Å². The maximum atomic E-state index is 13.3. The van der Waals surface area contributed by atoms with Crippen molar-refractivity contribution in [3.05, 3.63) is 87.0 Å². The van der Waals surface area contributed by atoms with Gasteiger partial charge in [-0.15, -0.1) is 0 Å². The Morgan fingerprint density at radius 1 is 1.03 bits per heavy atom. The Hall–Kier alpha value is -2.91. The zero-order chi connectivity index (χ0) is 20.2. The lowest BCUT2D eigenvalue weighted by Gasteiger charge is -2.35. The molecule has 29 heavy (non-hydrogen) atoms. The maximum Gasteiger partial charge on any atom is 0.262 e. The molecule has 0 aliphatic carbocycles. The predicted molar refractivity (Wildman–Crippen MR) is 116 cm³/mol. The second kappa shape index (κ2) is 6.57. The number of rotatable bonds is 2. The summed E-state index contributed by atoms with van der Waals surface area (Å²) in [6.07, 6.45) is 0. The summed E-state index contributed by atoms with van der Waals surface area (Å²) in [6.45, 7) is -0.0491. The average Bonchev–Trinajstić information content (AvgIpc) is 2.96. The van der Waals surface area contributed by atoms with E-state index in [1.165, 1.54) is 4.90 Å². The van der Waals surface area contributed by atoms with Crippen LogP contribution in [-0.2, 0) is 10.5 Å². The van der Waals surface area contributed by atoms with Gasteiger partial charge >= 0.3 is 0 Å². The van der Waals surface area contributed by atoms with Gasteiger partial charge in [-0.2, -0.15) is 0 Å². The molecule has 0 spiro atoms. The average molecular weight is 498 g/mol. The highest BCUT2D eigenvalue weighted by Crippen LogP contribution is 2.46. The largest absolute Gasteiger partial charge is 0.482 e. The summed E-state index contributed by atoms with van der Waals surface area (Å²) in [5.74, 6) is -0.0301. The van der Waals surface area contributed by atoms with Gasteiger partial charge in [-0.1, -0.05) is 24.3 Å². The molecule has 5 rings (SSSR count). The zero-order valence-electron chi connectivity index (χ0n) is 15.1. The number of halogens is 1. The van der Waals surface area contributed by atoms with Crippen LogP contribution in [0.2, 0.25) is 0 Å². The number of ether oxygens (including phenoxy) is 1. The van der Waals surface area contributed by atoms with Crippen molar-refractivity contribution in [2.75, 3.05) is 16.8 Å². The number of carbonyl (C=O) groups excluding carboxylic acids is 2. The fourth-order valence-corrected chi connectivity index (χ4v) is 4.39. The molecule has 0 saturated carbocycles. The standard InChI is InChI=1S/C22H15IN2O4/c23-14-4-3-5-15(11-14)25-21(27)16-6-1-2-7-17(16)22(25,28)13-8-9-19-18(10-13)24-20(26)12-29-19/h1-11,28H,12H2,(H,24,26). The highest BCUT2D eigenvalue weighted by atomic mass is 127. The highest BCUT2D eigenvalue weighted by Gasteiger charge is 2.51. The lowest BCUT2D eigenvalue weighted by atomic mass is 9.93. The molecule has 1 unspecified atom stereocenters. The third-order valence-corrected chi connectivity index (χ3v) is 5.81. The molecule has 0 aromatic heterocycles. The first kappa shape index (κ1) is 18.1. The number of anilines is 2. The molecule has 3 aromatic rings. The van der Waals surface area contributed by atoms with Gasteiger partial charge in [-0.05, 0) is 65.1 Å². The van der Waals surface area contributed by atoms with Crippen molar-refractivity contribution in [2.45, 2.75) is 5.72 Å². The lowest BCUT2D eigenvalue weighted by Crippen LogP contribution is -2.45. The number of nitrogens with one attached hydrogen (secondary N) is 1. The summed E-state index contributed by atoms with van der Waals surface area (Å²) in [7, 11) is 0. The Morgan fingerprint density at radius 3 is 2.69 bits per heavy atom. The lowest BCUT2D eigenvalue weighted by molar-refractivity contribution is -0.118. The Bertz CT molecular complexity index is 1180. The number of benzene rings is 3. The number of fused-ring (bicyclic) bond motifs is 2. The van der Waals surface area contributed by atoms with Crippen LogP contribution in [0.1, 0.15) is 21.5 Å². The van der Waals surface area contributed by atoms with Gasteiger partial charge in [0.25, 0.3) is 11.8 Å².